The molecule has 1 saturated heterocycles. The van der Waals surface area contributed by atoms with Crippen molar-refractivity contribution in [1.82, 2.24) is 35.4 Å². The molecule has 3 aromatic rings. The highest BCUT2D eigenvalue weighted by atomic mass is 16.1. The van der Waals surface area contributed by atoms with E-state index in [4.69, 9.17) is 0 Å². The monoisotopic (exact) mass is 406 g/mol. The second-order valence-electron chi connectivity index (χ2n) is 7.38. The predicted molar refractivity (Wildman–Crippen MR) is 114 cm³/mol. The standard InChI is InChI=1S/C21H26N8O/c1-3-27-8-10-28(11-9-27)20-7-4-17(13-22-20)14-23-21(30)18-5-6-19(16(2)12-18)29-15-24-25-26-29/h4-7,12-13,15H,3,8-11,14H2,1-2H3,(H,23,30). The van der Waals surface area contributed by atoms with Crippen LogP contribution in [0.15, 0.2) is 42.9 Å². The summed E-state index contributed by atoms with van der Waals surface area (Å²) in [6, 6.07) is 9.52. The minimum absolute atomic E-state index is 0.124. The highest BCUT2D eigenvalue weighted by molar-refractivity contribution is 5.94. The zero-order valence-corrected chi connectivity index (χ0v) is 17.3. The number of aryl methyl sites for hydroxylation is 1. The van der Waals surface area contributed by atoms with Crippen molar-refractivity contribution < 1.29 is 4.79 Å². The Morgan fingerprint density at radius 3 is 2.60 bits per heavy atom. The molecule has 1 aliphatic heterocycles. The molecule has 1 aliphatic rings. The number of rotatable bonds is 6. The number of aromatic nitrogens is 5. The van der Waals surface area contributed by atoms with Gasteiger partial charge < -0.3 is 15.1 Å². The summed E-state index contributed by atoms with van der Waals surface area (Å²) in [6.07, 6.45) is 3.37. The van der Waals surface area contributed by atoms with E-state index in [1.54, 1.807) is 10.7 Å². The molecular weight excluding hydrogens is 380 g/mol. The van der Waals surface area contributed by atoms with Gasteiger partial charge in [0, 0.05) is 44.5 Å². The van der Waals surface area contributed by atoms with E-state index in [1.807, 2.05) is 37.4 Å². The van der Waals surface area contributed by atoms with Crippen LogP contribution < -0.4 is 10.2 Å². The lowest BCUT2D eigenvalue weighted by Crippen LogP contribution is -2.46. The summed E-state index contributed by atoms with van der Waals surface area (Å²) in [7, 11) is 0. The summed E-state index contributed by atoms with van der Waals surface area (Å²) in [6.45, 7) is 9.79. The van der Waals surface area contributed by atoms with Gasteiger partial charge in [-0.1, -0.05) is 13.0 Å². The molecule has 2 aromatic heterocycles. The van der Waals surface area contributed by atoms with Gasteiger partial charge in [0.25, 0.3) is 5.91 Å². The van der Waals surface area contributed by atoms with Crippen molar-refractivity contribution >= 4 is 11.7 Å². The number of nitrogens with one attached hydrogen (secondary N) is 1. The first-order valence-corrected chi connectivity index (χ1v) is 10.2. The Kier molecular flexibility index (Phi) is 5.99. The lowest BCUT2D eigenvalue weighted by Gasteiger charge is -2.34. The molecule has 0 unspecified atom stereocenters. The SMILES string of the molecule is CCN1CCN(c2ccc(CNC(=O)c3ccc(-n4cnnn4)c(C)c3)cn2)CC1. The third-order valence-corrected chi connectivity index (χ3v) is 5.46. The number of hydrogen-bond donors (Lipinski definition) is 1. The highest BCUT2D eigenvalue weighted by Gasteiger charge is 2.16. The average Bonchev–Trinajstić information content (AvgIpc) is 3.32. The number of tetrazole rings is 1. The molecule has 4 rings (SSSR count). The molecule has 1 amide bonds. The Morgan fingerprint density at radius 2 is 1.97 bits per heavy atom. The summed E-state index contributed by atoms with van der Waals surface area (Å²) in [4.78, 5) is 21.9. The largest absolute Gasteiger partial charge is 0.354 e. The van der Waals surface area contributed by atoms with Gasteiger partial charge in [-0.25, -0.2) is 9.67 Å². The molecular formula is C21H26N8O. The van der Waals surface area contributed by atoms with E-state index in [1.165, 1.54) is 6.33 Å². The molecule has 1 fully saturated rings. The van der Waals surface area contributed by atoms with Crippen molar-refractivity contribution in [2.75, 3.05) is 37.6 Å². The maximum Gasteiger partial charge on any atom is 0.251 e. The summed E-state index contributed by atoms with van der Waals surface area (Å²) < 4.78 is 1.58. The molecule has 3 heterocycles. The fraction of sp³-hybridized carbons (Fsp3) is 0.381. The number of hydrogen-bond acceptors (Lipinski definition) is 7. The molecule has 0 atom stereocenters. The molecule has 0 saturated carbocycles. The van der Waals surface area contributed by atoms with E-state index < -0.39 is 0 Å². The third-order valence-electron chi connectivity index (χ3n) is 5.46. The van der Waals surface area contributed by atoms with Crippen LogP contribution in [0.2, 0.25) is 0 Å². The summed E-state index contributed by atoms with van der Waals surface area (Å²) >= 11 is 0. The molecule has 0 bridgehead atoms. The number of anilines is 1. The second-order valence-corrected chi connectivity index (χ2v) is 7.38. The molecule has 9 heteroatoms. The zero-order valence-electron chi connectivity index (χ0n) is 17.3. The van der Waals surface area contributed by atoms with E-state index in [0.29, 0.717) is 12.1 Å². The minimum atomic E-state index is -0.124. The van der Waals surface area contributed by atoms with E-state index in [0.717, 1.165) is 55.4 Å². The van der Waals surface area contributed by atoms with Gasteiger partial charge in [-0.15, -0.1) is 5.10 Å². The van der Waals surface area contributed by atoms with Crippen molar-refractivity contribution in [3.63, 3.8) is 0 Å². The number of pyridine rings is 1. The molecule has 0 radical (unpaired) electrons. The van der Waals surface area contributed by atoms with Crippen LogP contribution in [-0.2, 0) is 6.54 Å². The normalized spacial score (nSPS) is 14.7. The lowest BCUT2D eigenvalue weighted by molar-refractivity contribution is 0.0951. The first-order chi connectivity index (χ1) is 14.6. The van der Waals surface area contributed by atoms with Crippen LogP contribution in [0.5, 0.6) is 0 Å². The van der Waals surface area contributed by atoms with Gasteiger partial charge in [0.15, 0.2) is 0 Å². The van der Waals surface area contributed by atoms with Crippen LogP contribution in [0.1, 0.15) is 28.4 Å². The van der Waals surface area contributed by atoms with Gasteiger partial charge in [-0.05, 0) is 59.3 Å². The number of piperazine rings is 1. The van der Waals surface area contributed by atoms with E-state index in [2.05, 4.69) is 42.5 Å². The minimum Gasteiger partial charge on any atom is -0.354 e. The number of likely N-dealkylation sites (N-methyl/N-ethyl adjacent to an activating group) is 1. The summed E-state index contributed by atoms with van der Waals surface area (Å²) in [5.74, 6) is 0.871. The van der Waals surface area contributed by atoms with Crippen LogP contribution in [0.4, 0.5) is 5.82 Å². The van der Waals surface area contributed by atoms with Crippen molar-refractivity contribution in [3.8, 4) is 5.69 Å². The molecule has 1 aromatic carbocycles. The maximum atomic E-state index is 12.6. The van der Waals surface area contributed by atoms with Crippen molar-refractivity contribution in [2.45, 2.75) is 20.4 Å². The van der Waals surface area contributed by atoms with E-state index in [9.17, 15) is 4.79 Å². The van der Waals surface area contributed by atoms with E-state index >= 15 is 0 Å². The van der Waals surface area contributed by atoms with Crippen LogP contribution in [-0.4, -0.2) is 68.7 Å². The predicted octanol–water partition coefficient (Wildman–Crippen LogP) is 1.44. The molecule has 0 spiro atoms. The fourth-order valence-corrected chi connectivity index (χ4v) is 3.61. The lowest BCUT2D eigenvalue weighted by atomic mass is 10.1. The Labute approximate surface area is 175 Å². The highest BCUT2D eigenvalue weighted by Crippen LogP contribution is 2.16. The van der Waals surface area contributed by atoms with Crippen LogP contribution in [0.25, 0.3) is 5.69 Å². The van der Waals surface area contributed by atoms with Gasteiger partial charge in [0.2, 0.25) is 0 Å². The first kappa shape index (κ1) is 20.0. The van der Waals surface area contributed by atoms with Crippen LogP contribution in [0, 0.1) is 6.92 Å². The second kappa shape index (κ2) is 9.00. The number of benzene rings is 1. The quantitative estimate of drug-likeness (QED) is 0.662. The van der Waals surface area contributed by atoms with Gasteiger partial charge in [0.1, 0.15) is 12.1 Å². The molecule has 0 aliphatic carbocycles. The first-order valence-electron chi connectivity index (χ1n) is 10.2. The topological polar surface area (TPSA) is 92.1 Å². The number of carbonyl (C=O) groups is 1. The van der Waals surface area contributed by atoms with Gasteiger partial charge in [-0.2, -0.15) is 0 Å². The Hall–Kier alpha value is -3.33. The number of amides is 1. The van der Waals surface area contributed by atoms with Crippen molar-refractivity contribution in [3.05, 3.63) is 59.5 Å². The van der Waals surface area contributed by atoms with Crippen LogP contribution >= 0.6 is 0 Å². The Morgan fingerprint density at radius 1 is 1.13 bits per heavy atom. The summed E-state index contributed by atoms with van der Waals surface area (Å²) in [5, 5.41) is 14.1. The summed E-state index contributed by atoms with van der Waals surface area (Å²) in [5.41, 5.74) is 3.34. The zero-order chi connectivity index (χ0) is 20.9. The maximum absolute atomic E-state index is 12.6. The van der Waals surface area contributed by atoms with Crippen molar-refractivity contribution in [2.24, 2.45) is 0 Å². The van der Waals surface area contributed by atoms with Gasteiger partial charge >= 0.3 is 0 Å². The van der Waals surface area contributed by atoms with Gasteiger partial charge in [0.05, 0.1) is 5.69 Å². The Balaban J connectivity index is 1.33. The number of nitrogens with zero attached hydrogens (tertiary/aromatic N) is 7. The third kappa shape index (κ3) is 4.46. The van der Waals surface area contributed by atoms with Crippen LogP contribution in [0.3, 0.4) is 0 Å². The molecule has 30 heavy (non-hydrogen) atoms. The van der Waals surface area contributed by atoms with E-state index in [-0.39, 0.29) is 5.91 Å². The Bertz CT molecular complexity index is 979. The van der Waals surface area contributed by atoms with Gasteiger partial charge in [-0.3, -0.25) is 4.79 Å². The molecule has 1 N–H and O–H groups in total. The van der Waals surface area contributed by atoms with Crippen molar-refractivity contribution in [1.29, 1.82) is 0 Å². The molecule has 9 nitrogen and oxygen atoms in total. The number of carbonyl (C=O) groups excluding carboxylic acids is 1. The molecule has 156 valence electrons. The average molecular weight is 406 g/mol. The fourth-order valence-electron chi connectivity index (χ4n) is 3.61. The smallest absolute Gasteiger partial charge is 0.251 e.